The molecule has 0 fully saturated rings. The lowest BCUT2D eigenvalue weighted by atomic mass is 10.0. The van der Waals surface area contributed by atoms with Crippen LogP contribution in [0.2, 0.25) is 0 Å². The molecule has 0 amide bonds. The van der Waals surface area contributed by atoms with Crippen molar-refractivity contribution in [2.45, 2.75) is 20.4 Å². The van der Waals surface area contributed by atoms with Gasteiger partial charge in [0.2, 0.25) is 0 Å². The van der Waals surface area contributed by atoms with E-state index < -0.39 is 0 Å². The number of nitrogen functional groups attached to an aromatic ring is 1. The third-order valence-electron chi connectivity index (χ3n) is 3.99. The molecule has 0 aliphatic heterocycles. The van der Waals surface area contributed by atoms with Crippen molar-refractivity contribution in [1.82, 2.24) is 14.3 Å². The number of rotatable bonds is 3. The van der Waals surface area contributed by atoms with E-state index in [1.807, 2.05) is 18.3 Å². The lowest BCUT2D eigenvalue weighted by Crippen LogP contribution is -2.13. The molecule has 22 heavy (non-hydrogen) atoms. The molecule has 0 saturated carbocycles. The van der Waals surface area contributed by atoms with Gasteiger partial charge in [-0.05, 0) is 57.3 Å². The molecule has 2 aromatic heterocycles. The number of imidazole rings is 1. The number of benzene rings is 1. The van der Waals surface area contributed by atoms with Gasteiger partial charge in [-0.2, -0.15) is 0 Å². The zero-order valence-electron chi connectivity index (χ0n) is 13.6. The number of nitrogens with zero attached hydrogens (tertiary/aromatic N) is 3. The second kappa shape index (κ2) is 5.46. The number of anilines is 1. The lowest BCUT2D eigenvalue weighted by Gasteiger charge is -2.12. The van der Waals surface area contributed by atoms with Crippen molar-refractivity contribution in [3.63, 3.8) is 0 Å². The van der Waals surface area contributed by atoms with Crippen LogP contribution in [0, 0.1) is 13.8 Å². The summed E-state index contributed by atoms with van der Waals surface area (Å²) in [6.45, 7) is 5.08. The lowest BCUT2D eigenvalue weighted by molar-refractivity contribution is 0.396. The zero-order valence-corrected chi connectivity index (χ0v) is 13.6. The van der Waals surface area contributed by atoms with E-state index in [9.17, 15) is 0 Å². The Labute approximate surface area is 131 Å². The minimum atomic E-state index is 0.747. The van der Waals surface area contributed by atoms with Crippen LogP contribution in [0.5, 0.6) is 0 Å². The maximum atomic E-state index is 5.95. The molecule has 0 aliphatic rings. The van der Waals surface area contributed by atoms with E-state index in [-0.39, 0.29) is 0 Å². The highest BCUT2D eigenvalue weighted by atomic mass is 15.1. The Hall–Kier alpha value is -2.33. The molecule has 3 aromatic rings. The quantitative estimate of drug-likeness (QED) is 0.806. The van der Waals surface area contributed by atoms with E-state index >= 15 is 0 Å². The van der Waals surface area contributed by atoms with E-state index in [1.54, 1.807) is 0 Å². The third kappa shape index (κ3) is 2.57. The van der Waals surface area contributed by atoms with Crippen LogP contribution in [0.4, 0.5) is 5.69 Å². The van der Waals surface area contributed by atoms with Gasteiger partial charge in [-0.25, -0.2) is 4.98 Å². The number of nitrogens with two attached hydrogens (primary N) is 1. The molecule has 0 atom stereocenters. The standard InChI is InChI=1S/C18H22N4/c1-12-5-6-14(9-13(12)2)18-16(11-21(3)4)22-10-15(19)7-8-17(22)20-18/h5-10H,11,19H2,1-4H3. The van der Waals surface area contributed by atoms with Crippen molar-refractivity contribution >= 4 is 11.3 Å². The number of hydrogen-bond acceptors (Lipinski definition) is 3. The summed E-state index contributed by atoms with van der Waals surface area (Å²) >= 11 is 0. The Morgan fingerprint density at radius 3 is 2.55 bits per heavy atom. The molecule has 0 unspecified atom stereocenters. The third-order valence-corrected chi connectivity index (χ3v) is 3.99. The highest BCUT2D eigenvalue weighted by Crippen LogP contribution is 2.27. The molecule has 1 aromatic carbocycles. The monoisotopic (exact) mass is 294 g/mol. The summed E-state index contributed by atoms with van der Waals surface area (Å²) < 4.78 is 2.10. The van der Waals surface area contributed by atoms with Gasteiger partial charge in [0.1, 0.15) is 5.65 Å². The fourth-order valence-electron chi connectivity index (χ4n) is 2.68. The second-order valence-corrected chi connectivity index (χ2v) is 6.13. The predicted octanol–water partition coefficient (Wildman–Crippen LogP) is 3.26. The summed E-state index contributed by atoms with van der Waals surface area (Å²) in [6.07, 6.45) is 1.95. The van der Waals surface area contributed by atoms with E-state index in [0.717, 1.165) is 34.8 Å². The SMILES string of the molecule is Cc1ccc(-c2nc3ccc(N)cn3c2CN(C)C)cc1C. The van der Waals surface area contributed by atoms with Crippen LogP contribution in [-0.4, -0.2) is 28.4 Å². The first kappa shape index (κ1) is 14.6. The Kier molecular flexibility index (Phi) is 3.62. The summed E-state index contributed by atoms with van der Waals surface area (Å²) in [5, 5.41) is 0. The van der Waals surface area contributed by atoms with E-state index in [4.69, 9.17) is 10.7 Å². The maximum absolute atomic E-state index is 5.95. The summed E-state index contributed by atoms with van der Waals surface area (Å²) in [5.41, 5.74) is 13.6. The van der Waals surface area contributed by atoms with Gasteiger partial charge in [0.05, 0.1) is 11.4 Å². The van der Waals surface area contributed by atoms with Gasteiger partial charge >= 0.3 is 0 Å². The van der Waals surface area contributed by atoms with Crippen LogP contribution < -0.4 is 5.73 Å². The van der Waals surface area contributed by atoms with Gasteiger partial charge in [0, 0.05) is 24.0 Å². The Morgan fingerprint density at radius 1 is 1.09 bits per heavy atom. The first-order valence-corrected chi connectivity index (χ1v) is 7.44. The Balaban J connectivity index is 2.25. The summed E-state index contributed by atoms with van der Waals surface area (Å²) in [4.78, 5) is 6.98. The molecular formula is C18H22N4. The molecule has 2 N–H and O–H groups in total. The minimum absolute atomic E-state index is 0.747. The van der Waals surface area contributed by atoms with Crippen LogP contribution in [0.25, 0.3) is 16.9 Å². The molecule has 2 heterocycles. The van der Waals surface area contributed by atoms with Crippen LogP contribution in [0.1, 0.15) is 16.8 Å². The van der Waals surface area contributed by atoms with Gasteiger partial charge in [0.25, 0.3) is 0 Å². The summed E-state index contributed by atoms with van der Waals surface area (Å²) in [6, 6.07) is 10.4. The Morgan fingerprint density at radius 2 is 1.86 bits per heavy atom. The van der Waals surface area contributed by atoms with E-state index in [0.29, 0.717) is 0 Å². The van der Waals surface area contributed by atoms with Crippen LogP contribution in [-0.2, 0) is 6.54 Å². The minimum Gasteiger partial charge on any atom is -0.398 e. The molecule has 0 bridgehead atoms. The fraction of sp³-hybridized carbons (Fsp3) is 0.278. The van der Waals surface area contributed by atoms with Gasteiger partial charge in [-0.15, -0.1) is 0 Å². The molecule has 0 saturated heterocycles. The number of hydrogen-bond donors (Lipinski definition) is 1. The van der Waals surface area contributed by atoms with Crippen LogP contribution >= 0.6 is 0 Å². The van der Waals surface area contributed by atoms with Gasteiger partial charge < -0.3 is 15.0 Å². The number of pyridine rings is 1. The Bertz CT molecular complexity index is 830. The molecular weight excluding hydrogens is 272 g/mol. The highest BCUT2D eigenvalue weighted by molar-refractivity contribution is 5.68. The van der Waals surface area contributed by atoms with Crippen LogP contribution in [0.15, 0.2) is 36.5 Å². The molecule has 114 valence electrons. The number of aryl methyl sites for hydroxylation is 2. The van der Waals surface area contributed by atoms with Crippen molar-refractivity contribution in [1.29, 1.82) is 0 Å². The predicted molar refractivity (Wildman–Crippen MR) is 91.9 cm³/mol. The van der Waals surface area contributed by atoms with Gasteiger partial charge in [-0.1, -0.05) is 12.1 Å². The molecule has 0 spiro atoms. The topological polar surface area (TPSA) is 46.6 Å². The first-order chi connectivity index (χ1) is 10.5. The molecule has 4 nitrogen and oxygen atoms in total. The zero-order chi connectivity index (χ0) is 15.9. The number of aromatic nitrogens is 2. The second-order valence-electron chi connectivity index (χ2n) is 6.13. The van der Waals surface area contributed by atoms with Crippen LogP contribution in [0.3, 0.4) is 0 Å². The fourth-order valence-corrected chi connectivity index (χ4v) is 2.68. The maximum Gasteiger partial charge on any atom is 0.137 e. The van der Waals surface area contributed by atoms with Crippen molar-refractivity contribution in [2.75, 3.05) is 19.8 Å². The smallest absolute Gasteiger partial charge is 0.137 e. The van der Waals surface area contributed by atoms with Crippen molar-refractivity contribution < 1.29 is 0 Å². The van der Waals surface area contributed by atoms with Gasteiger partial charge in [0.15, 0.2) is 0 Å². The average Bonchev–Trinajstić information content (AvgIpc) is 2.79. The molecule has 0 aliphatic carbocycles. The normalized spacial score (nSPS) is 11.5. The highest BCUT2D eigenvalue weighted by Gasteiger charge is 2.15. The van der Waals surface area contributed by atoms with E-state index in [2.05, 4.69) is 55.4 Å². The summed E-state index contributed by atoms with van der Waals surface area (Å²) in [7, 11) is 4.13. The molecule has 3 rings (SSSR count). The molecule has 4 heteroatoms. The first-order valence-electron chi connectivity index (χ1n) is 7.44. The van der Waals surface area contributed by atoms with Gasteiger partial charge in [-0.3, -0.25) is 0 Å². The van der Waals surface area contributed by atoms with Crippen molar-refractivity contribution in [2.24, 2.45) is 0 Å². The van der Waals surface area contributed by atoms with Crippen molar-refractivity contribution in [3.8, 4) is 11.3 Å². The molecule has 0 radical (unpaired) electrons. The summed E-state index contributed by atoms with van der Waals surface area (Å²) in [5.74, 6) is 0. The largest absolute Gasteiger partial charge is 0.398 e. The van der Waals surface area contributed by atoms with E-state index in [1.165, 1.54) is 11.1 Å². The van der Waals surface area contributed by atoms with Crippen molar-refractivity contribution in [3.05, 3.63) is 53.3 Å². The number of fused-ring (bicyclic) bond motifs is 1. The average molecular weight is 294 g/mol.